The Morgan fingerprint density at radius 1 is 1.38 bits per heavy atom. The number of benzene rings is 1. The predicted molar refractivity (Wildman–Crippen MR) is 76.9 cm³/mol. The molecular formula is C15H20F3N3. The molecule has 2 rings (SSSR count). The van der Waals surface area contributed by atoms with Crippen LogP contribution in [0.25, 0.3) is 0 Å². The molecule has 0 bridgehead atoms. The van der Waals surface area contributed by atoms with Crippen molar-refractivity contribution in [2.45, 2.75) is 44.9 Å². The monoisotopic (exact) mass is 299 g/mol. The Balaban J connectivity index is 2.55. The van der Waals surface area contributed by atoms with Crippen LogP contribution in [-0.2, 0) is 11.7 Å². The van der Waals surface area contributed by atoms with Crippen LogP contribution < -0.4 is 5.73 Å². The van der Waals surface area contributed by atoms with Crippen LogP contribution in [-0.4, -0.2) is 23.4 Å². The van der Waals surface area contributed by atoms with Crippen LogP contribution >= 0.6 is 0 Å². The number of aliphatic imine (C=N–C) groups is 1. The SMILES string of the molecule is CCC(C)N1C(N)=NCC1(C)c1ccccc1C(F)(F)F. The maximum atomic E-state index is 13.3. The lowest BCUT2D eigenvalue weighted by Gasteiger charge is -2.41. The van der Waals surface area contributed by atoms with E-state index in [4.69, 9.17) is 5.73 Å². The van der Waals surface area contributed by atoms with Gasteiger partial charge in [-0.1, -0.05) is 25.1 Å². The Bertz CT molecular complexity index is 553. The lowest BCUT2D eigenvalue weighted by molar-refractivity contribution is -0.139. The summed E-state index contributed by atoms with van der Waals surface area (Å²) in [5.74, 6) is 0.309. The molecule has 6 heteroatoms. The summed E-state index contributed by atoms with van der Waals surface area (Å²) >= 11 is 0. The molecule has 0 fully saturated rings. The second-order valence-electron chi connectivity index (χ2n) is 5.62. The summed E-state index contributed by atoms with van der Waals surface area (Å²) in [4.78, 5) is 6.00. The molecule has 0 saturated carbocycles. The average Bonchev–Trinajstić information content (AvgIpc) is 2.74. The van der Waals surface area contributed by atoms with Crippen molar-refractivity contribution in [1.82, 2.24) is 4.90 Å². The Morgan fingerprint density at radius 3 is 2.57 bits per heavy atom. The fourth-order valence-electron chi connectivity index (χ4n) is 2.95. The molecule has 3 nitrogen and oxygen atoms in total. The number of nitrogens with zero attached hydrogens (tertiary/aromatic N) is 2. The first-order chi connectivity index (χ1) is 9.71. The standard InChI is InChI=1S/C15H20F3N3/c1-4-10(2)21-13(19)20-9-14(21,3)11-7-5-6-8-12(11)15(16,17)18/h5-8,10H,4,9H2,1-3H3,(H2,19,20). The molecule has 0 aromatic heterocycles. The van der Waals surface area contributed by atoms with Gasteiger partial charge in [-0.15, -0.1) is 0 Å². The lowest BCUT2D eigenvalue weighted by atomic mass is 9.86. The maximum absolute atomic E-state index is 13.3. The molecular weight excluding hydrogens is 279 g/mol. The highest BCUT2D eigenvalue weighted by atomic mass is 19.4. The number of hydrogen-bond acceptors (Lipinski definition) is 3. The van der Waals surface area contributed by atoms with Crippen LogP contribution in [0.4, 0.5) is 13.2 Å². The van der Waals surface area contributed by atoms with E-state index in [1.54, 1.807) is 17.9 Å². The van der Waals surface area contributed by atoms with Gasteiger partial charge in [-0.25, -0.2) is 0 Å². The van der Waals surface area contributed by atoms with Crippen LogP contribution in [0.3, 0.4) is 0 Å². The number of hydrogen-bond donors (Lipinski definition) is 1. The van der Waals surface area contributed by atoms with Gasteiger partial charge in [0.05, 0.1) is 17.6 Å². The van der Waals surface area contributed by atoms with E-state index < -0.39 is 17.3 Å². The molecule has 0 amide bonds. The van der Waals surface area contributed by atoms with E-state index in [-0.39, 0.29) is 18.2 Å². The normalized spacial score (nSPS) is 24.1. The van der Waals surface area contributed by atoms with Crippen molar-refractivity contribution in [3.63, 3.8) is 0 Å². The van der Waals surface area contributed by atoms with Crippen molar-refractivity contribution in [2.75, 3.05) is 6.54 Å². The Hall–Kier alpha value is -1.72. The van der Waals surface area contributed by atoms with Gasteiger partial charge in [-0.05, 0) is 31.9 Å². The molecule has 21 heavy (non-hydrogen) atoms. The predicted octanol–water partition coefficient (Wildman–Crippen LogP) is 3.35. The Kier molecular flexibility index (Phi) is 3.91. The maximum Gasteiger partial charge on any atom is 0.416 e. The summed E-state index contributed by atoms with van der Waals surface area (Å²) in [5, 5.41) is 0. The van der Waals surface area contributed by atoms with Crippen molar-refractivity contribution in [3.05, 3.63) is 35.4 Å². The van der Waals surface area contributed by atoms with Gasteiger partial charge in [0.15, 0.2) is 5.96 Å². The molecule has 2 atom stereocenters. The van der Waals surface area contributed by atoms with E-state index in [2.05, 4.69) is 4.99 Å². The molecule has 1 aromatic rings. The Morgan fingerprint density at radius 2 is 2.00 bits per heavy atom. The van der Waals surface area contributed by atoms with Crippen LogP contribution in [0.1, 0.15) is 38.3 Å². The molecule has 0 spiro atoms. The highest BCUT2D eigenvalue weighted by molar-refractivity contribution is 5.81. The molecule has 1 heterocycles. The average molecular weight is 299 g/mol. The third kappa shape index (κ3) is 2.59. The fourth-order valence-corrected chi connectivity index (χ4v) is 2.95. The Labute approximate surface area is 122 Å². The summed E-state index contributed by atoms with van der Waals surface area (Å²) < 4.78 is 39.9. The zero-order chi connectivity index (χ0) is 15.8. The third-order valence-electron chi connectivity index (χ3n) is 4.17. The number of alkyl halides is 3. The minimum atomic E-state index is -4.39. The van der Waals surface area contributed by atoms with E-state index in [1.165, 1.54) is 12.1 Å². The first kappa shape index (κ1) is 15.7. The third-order valence-corrected chi connectivity index (χ3v) is 4.17. The molecule has 1 aromatic carbocycles. The van der Waals surface area contributed by atoms with Crippen molar-refractivity contribution >= 4 is 5.96 Å². The van der Waals surface area contributed by atoms with Gasteiger partial charge in [0, 0.05) is 6.04 Å². The molecule has 0 radical (unpaired) electrons. The lowest BCUT2D eigenvalue weighted by Crippen LogP contribution is -2.52. The van der Waals surface area contributed by atoms with Crippen molar-refractivity contribution < 1.29 is 13.2 Å². The molecule has 116 valence electrons. The molecule has 1 aliphatic rings. The topological polar surface area (TPSA) is 41.6 Å². The zero-order valence-electron chi connectivity index (χ0n) is 12.4. The summed E-state index contributed by atoms with van der Waals surface area (Å²) in [6.07, 6.45) is -3.61. The summed E-state index contributed by atoms with van der Waals surface area (Å²) in [6, 6.07) is 5.68. The van der Waals surface area contributed by atoms with Crippen LogP contribution in [0.5, 0.6) is 0 Å². The van der Waals surface area contributed by atoms with Crippen molar-refractivity contribution in [2.24, 2.45) is 10.7 Å². The first-order valence-corrected chi connectivity index (χ1v) is 6.97. The van der Waals surface area contributed by atoms with Gasteiger partial charge in [0.1, 0.15) is 0 Å². The quantitative estimate of drug-likeness (QED) is 0.930. The number of nitrogens with two attached hydrogens (primary N) is 1. The van der Waals surface area contributed by atoms with Crippen molar-refractivity contribution in [3.8, 4) is 0 Å². The van der Waals surface area contributed by atoms with E-state index >= 15 is 0 Å². The smallest absolute Gasteiger partial charge is 0.370 e. The van der Waals surface area contributed by atoms with E-state index in [9.17, 15) is 13.2 Å². The largest absolute Gasteiger partial charge is 0.416 e. The second-order valence-corrected chi connectivity index (χ2v) is 5.62. The minimum absolute atomic E-state index is 0.0162. The van der Waals surface area contributed by atoms with Gasteiger partial charge < -0.3 is 10.6 Å². The van der Waals surface area contributed by atoms with Crippen LogP contribution in [0, 0.1) is 0 Å². The van der Waals surface area contributed by atoms with Gasteiger partial charge in [-0.3, -0.25) is 4.99 Å². The number of halogens is 3. The van der Waals surface area contributed by atoms with Crippen molar-refractivity contribution in [1.29, 1.82) is 0 Å². The summed E-state index contributed by atoms with van der Waals surface area (Å²) in [6.45, 7) is 5.93. The molecule has 2 unspecified atom stereocenters. The van der Waals surface area contributed by atoms with Gasteiger partial charge >= 0.3 is 6.18 Å². The van der Waals surface area contributed by atoms with Gasteiger partial charge in [-0.2, -0.15) is 13.2 Å². The second kappa shape index (κ2) is 5.24. The van der Waals surface area contributed by atoms with Crippen LogP contribution in [0.15, 0.2) is 29.3 Å². The van der Waals surface area contributed by atoms with Crippen LogP contribution in [0.2, 0.25) is 0 Å². The molecule has 0 saturated heterocycles. The minimum Gasteiger partial charge on any atom is -0.370 e. The summed E-state index contributed by atoms with van der Waals surface area (Å²) in [7, 11) is 0. The van der Waals surface area contributed by atoms with E-state index in [1.807, 2.05) is 13.8 Å². The van der Waals surface area contributed by atoms with Gasteiger partial charge in [0.25, 0.3) is 0 Å². The molecule has 0 aliphatic carbocycles. The number of guanidine groups is 1. The first-order valence-electron chi connectivity index (χ1n) is 6.97. The van der Waals surface area contributed by atoms with Gasteiger partial charge in [0.2, 0.25) is 0 Å². The highest BCUT2D eigenvalue weighted by Gasteiger charge is 2.46. The summed E-state index contributed by atoms with van der Waals surface area (Å²) in [5.41, 5.74) is 4.66. The number of rotatable bonds is 3. The van der Waals surface area contributed by atoms with E-state index in [0.717, 1.165) is 12.5 Å². The highest BCUT2D eigenvalue weighted by Crippen LogP contribution is 2.42. The molecule has 2 N–H and O–H groups in total. The van der Waals surface area contributed by atoms with E-state index in [0.29, 0.717) is 5.96 Å². The zero-order valence-corrected chi connectivity index (χ0v) is 12.4. The fraction of sp³-hybridized carbons (Fsp3) is 0.533. The molecule has 1 aliphatic heterocycles.